The van der Waals surface area contributed by atoms with Crippen molar-refractivity contribution in [2.45, 2.75) is 44.8 Å². The van der Waals surface area contributed by atoms with Gasteiger partial charge in [0.1, 0.15) is 6.61 Å². The lowest BCUT2D eigenvalue weighted by Gasteiger charge is -2.36. The van der Waals surface area contributed by atoms with Crippen molar-refractivity contribution in [3.63, 3.8) is 0 Å². The molecule has 0 amide bonds. The van der Waals surface area contributed by atoms with Crippen LogP contribution in [0.3, 0.4) is 0 Å². The molecule has 0 saturated heterocycles. The molecular formula is C23H20N2O3. The molecule has 28 heavy (non-hydrogen) atoms. The van der Waals surface area contributed by atoms with Gasteiger partial charge in [-0.2, -0.15) is 0 Å². The fraction of sp³-hybridized carbons (Fsp3) is 0.348. The minimum atomic E-state index is -0.679. The van der Waals surface area contributed by atoms with E-state index >= 15 is 0 Å². The van der Waals surface area contributed by atoms with Crippen molar-refractivity contribution < 1.29 is 9.53 Å². The lowest BCUT2D eigenvalue weighted by molar-refractivity contribution is -0.155. The van der Waals surface area contributed by atoms with Crippen LogP contribution in [0.5, 0.6) is 0 Å². The van der Waals surface area contributed by atoms with Gasteiger partial charge < -0.3 is 9.30 Å². The molecule has 1 fully saturated rings. The highest BCUT2D eigenvalue weighted by Crippen LogP contribution is 2.53. The van der Waals surface area contributed by atoms with Crippen molar-refractivity contribution in [2.75, 3.05) is 0 Å². The van der Waals surface area contributed by atoms with Crippen molar-refractivity contribution in [2.24, 2.45) is 5.92 Å². The normalized spacial score (nSPS) is 22.5. The van der Waals surface area contributed by atoms with Crippen LogP contribution in [0.4, 0.5) is 0 Å². The molecule has 6 rings (SSSR count). The Morgan fingerprint density at radius 3 is 2.82 bits per heavy atom. The van der Waals surface area contributed by atoms with E-state index in [9.17, 15) is 9.59 Å². The predicted octanol–water partition coefficient (Wildman–Crippen LogP) is 3.54. The van der Waals surface area contributed by atoms with Gasteiger partial charge in [0.05, 0.1) is 34.4 Å². The third-order valence-corrected chi connectivity index (χ3v) is 6.80. The van der Waals surface area contributed by atoms with Crippen molar-refractivity contribution in [1.29, 1.82) is 0 Å². The standard InChI is InChI=1S/C23H20N2O3/c1-2-23(15-7-8-15)17-10-19-20-14(9-13-5-3-4-6-18(13)24-20)11-25(19)21(26)16(17)12-28-22(23)27/h3-6,9-10,15H,2,7-8,11-12H2,1H3/t23-/m0/s1. The van der Waals surface area contributed by atoms with Crippen molar-refractivity contribution >= 4 is 16.9 Å². The van der Waals surface area contributed by atoms with E-state index in [2.05, 4.69) is 12.1 Å². The first-order valence-electron chi connectivity index (χ1n) is 9.97. The van der Waals surface area contributed by atoms with E-state index in [0.29, 0.717) is 18.5 Å². The van der Waals surface area contributed by atoms with Gasteiger partial charge in [0.2, 0.25) is 0 Å². The Bertz CT molecular complexity index is 1240. The number of carbonyl (C=O) groups is 1. The monoisotopic (exact) mass is 372 g/mol. The third kappa shape index (κ3) is 1.89. The topological polar surface area (TPSA) is 61.2 Å². The molecule has 2 aliphatic heterocycles. The highest BCUT2D eigenvalue weighted by atomic mass is 16.5. The van der Waals surface area contributed by atoms with Crippen LogP contribution in [0.2, 0.25) is 0 Å². The van der Waals surface area contributed by atoms with Gasteiger partial charge in [-0.25, -0.2) is 4.98 Å². The molecule has 1 atom stereocenters. The molecule has 4 heterocycles. The van der Waals surface area contributed by atoms with Gasteiger partial charge in [0, 0.05) is 10.9 Å². The predicted molar refractivity (Wildman–Crippen MR) is 105 cm³/mol. The fourth-order valence-electron chi connectivity index (χ4n) is 5.21. The van der Waals surface area contributed by atoms with Gasteiger partial charge >= 0.3 is 5.97 Å². The van der Waals surface area contributed by atoms with E-state index in [4.69, 9.17) is 9.72 Å². The Hall–Kier alpha value is -2.95. The van der Waals surface area contributed by atoms with Crippen LogP contribution in [0.25, 0.3) is 22.3 Å². The number of cyclic esters (lactones) is 1. The lowest BCUT2D eigenvalue weighted by Crippen LogP contribution is -2.46. The Morgan fingerprint density at radius 2 is 2.04 bits per heavy atom. The van der Waals surface area contributed by atoms with E-state index in [0.717, 1.165) is 46.3 Å². The van der Waals surface area contributed by atoms with Crippen LogP contribution in [0.1, 0.15) is 42.9 Å². The average Bonchev–Trinajstić information content (AvgIpc) is 3.49. The Balaban J connectivity index is 1.64. The van der Waals surface area contributed by atoms with Crippen LogP contribution >= 0.6 is 0 Å². The van der Waals surface area contributed by atoms with Gasteiger partial charge in [-0.05, 0) is 48.9 Å². The van der Waals surface area contributed by atoms with E-state index in [1.54, 1.807) is 4.57 Å². The minimum Gasteiger partial charge on any atom is -0.460 e. The largest absolute Gasteiger partial charge is 0.460 e. The average molecular weight is 372 g/mol. The van der Waals surface area contributed by atoms with Crippen LogP contribution in [-0.2, 0) is 28.1 Å². The first-order valence-corrected chi connectivity index (χ1v) is 9.97. The summed E-state index contributed by atoms with van der Waals surface area (Å²) >= 11 is 0. The number of esters is 1. The summed E-state index contributed by atoms with van der Waals surface area (Å²) < 4.78 is 7.32. The summed E-state index contributed by atoms with van der Waals surface area (Å²) in [6.07, 6.45) is 2.69. The zero-order valence-electron chi connectivity index (χ0n) is 15.7. The quantitative estimate of drug-likeness (QED) is 0.505. The maximum atomic E-state index is 13.4. The molecular weight excluding hydrogens is 352 g/mol. The highest BCUT2D eigenvalue weighted by Gasteiger charge is 2.55. The van der Waals surface area contributed by atoms with Crippen LogP contribution in [0, 0.1) is 5.92 Å². The SMILES string of the molecule is CC[C@@]1(C2CC2)C(=O)OCc2c1cc1n(c2=O)Cc2cc3ccccc3nc2-1. The first kappa shape index (κ1) is 16.0. The second-order valence-corrected chi connectivity index (χ2v) is 8.18. The molecule has 0 N–H and O–H groups in total. The summed E-state index contributed by atoms with van der Waals surface area (Å²) in [6, 6.07) is 12.2. The van der Waals surface area contributed by atoms with Crippen LogP contribution in [-0.4, -0.2) is 15.5 Å². The number of nitrogens with zero attached hydrogens (tertiary/aromatic N) is 2. The Kier molecular flexibility index (Phi) is 3.04. The van der Waals surface area contributed by atoms with Crippen molar-refractivity contribution in [1.82, 2.24) is 9.55 Å². The van der Waals surface area contributed by atoms with Gasteiger partial charge in [0.15, 0.2) is 0 Å². The first-order chi connectivity index (χ1) is 13.6. The lowest BCUT2D eigenvalue weighted by atomic mass is 9.71. The summed E-state index contributed by atoms with van der Waals surface area (Å²) in [5.41, 5.74) is 4.48. The molecule has 0 spiro atoms. The smallest absolute Gasteiger partial charge is 0.317 e. The van der Waals surface area contributed by atoms with Crippen molar-refractivity contribution in [3.8, 4) is 11.4 Å². The number of carbonyl (C=O) groups excluding carboxylic acids is 1. The van der Waals surface area contributed by atoms with E-state index in [1.165, 1.54) is 0 Å². The van der Waals surface area contributed by atoms with Crippen molar-refractivity contribution in [3.05, 3.63) is 63.4 Å². The number of aromatic nitrogens is 2. The number of benzene rings is 1. The molecule has 1 aromatic carbocycles. The zero-order chi connectivity index (χ0) is 19.0. The van der Waals surface area contributed by atoms with Crippen LogP contribution < -0.4 is 5.56 Å². The number of hydrogen-bond acceptors (Lipinski definition) is 4. The molecule has 1 saturated carbocycles. The summed E-state index contributed by atoms with van der Waals surface area (Å²) in [7, 11) is 0. The molecule has 0 bridgehead atoms. The van der Waals surface area contributed by atoms with Crippen LogP contribution in [0.15, 0.2) is 41.2 Å². The maximum Gasteiger partial charge on any atom is 0.317 e. The number of rotatable bonds is 2. The summed E-state index contributed by atoms with van der Waals surface area (Å²) in [5.74, 6) is 0.107. The molecule has 1 aliphatic carbocycles. The Morgan fingerprint density at radius 1 is 1.21 bits per heavy atom. The number of para-hydroxylation sites is 1. The van der Waals surface area contributed by atoms with Gasteiger partial charge in [-0.15, -0.1) is 0 Å². The highest BCUT2D eigenvalue weighted by molar-refractivity contribution is 5.88. The molecule has 2 aromatic heterocycles. The molecule has 5 nitrogen and oxygen atoms in total. The molecule has 3 aliphatic rings. The number of ether oxygens (including phenoxy) is 1. The fourth-order valence-corrected chi connectivity index (χ4v) is 5.21. The second-order valence-electron chi connectivity index (χ2n) is 8.18. The maximum absolute atomic E-state index is 13.4. The summed E-state index contributed by atoms with van der Waals surface area (Å²) in [4.78, 5) is 31.1. The molecule has 3 aromatic rings. The van der Waals surface area contributed by atoms with E-state index < -0.39 is 5.41 Å². The van der Waals surface area contributed by atoms with Gasteiger partial charge in [-0.3, -0.25) is 9.59 Å². The second kappa shape index (κ2) is 5.31. The third-order valence-electron chi connectivity index (χ3n) is 6.80. The summed E-state index contributed by atoms with van der Waals surface area (Å²) in [6.45, 7) is 2.62. The van der Waals surface area contributed by atoms with Gasteiger partial charge in [-0.1, -0.05) is 25.1 Å². The van der Waals surface area contributed by atoms with Gasteiger partial charge in [0.25, 0.3) is 5.56 Å². The number of pyridine rings is 2. The van der Waals surface area contributed by atoms with E-state index in [1.807, 2.05) is 31.2 Å². The number of fused-ring (bicyclic) bond motifs is 5. The Labute approximate surface area is 162 Å². The molecule has 5 heteroatoms. The van der Waals surface area contributed by atoms with E-state index in [-0.39, 0.29) is 24.1 Å². The molecule has 0 unspecified atom stereocenters. The molecule has 0 radical (unpaired) electrons. The molecule has 140 valence electrons. The summed E-state index contributed by atoms with van der Waals surface area (Å²) in [5, 5.41) is 1.08. The zero-order valence-corrected chi connectivity index (χ0v) is 15.7. The number of hydrogen-bond donors (Lipinski definition) is 0. The minimum absolute atomic E-state index is 0.0412.